The number of amides is 1. The summed E-state index contributed by atoms with van der Waals surface area (Å²) in [6.45, 7) is 5.15. The number of unbranched alkanes of at least 4 members (excludes halogenated alkanes) is 3. The van der Waals surface area contributed by atoms with Crippen LogP contribution in [0.2, 0.25) is 0 Å². The zero-order valence-corrected chi connectivity index (χ0v) is 13.2. The van der Waals surface area contributed by atoms with Gasteiger partial charge in [0, 0.05) is 13.1 Å². The summed E-state index contributed by atoms with van der Waals surface area (Å²) in [5.74, 6) is -0.107. The summed E-state index contributed by atoms with van der Waals surface area (Å²) in [6.07, 6.45) is 4.40. The Balaban J connectivity index is 2.63. The minimum Gasteiger partial charge on any atom is -0.395 e. The molecule has 1 rings (SSSR count). The van der Waals surface area contributed by atoms with Crippen molar-refractivity contribution in [2.75, 3.05) is 19.7 Å². The first-order chi connectivity index (χ1) is 10.1. The van der Waals surface area contributed by atoms with Crippen molar-refractivity contribution in [1.29, 1.82) is 0 Å². The lowest BCUT2D eigenvalue weighted by Gasteiger charge is -2.25. The first-order valence-electron chi connectivity index (χ1n) is 7.82. The van der Waals surface area contributed by atoms with E-state index in [2.05, 4.69) is 6.92 Å². The number of aliphatic hydroxyl groups is 1. The molecule has 0 aliphatic carbocycles. The molecule has 118 valence electrons. The Bertz CT molecular complexity index is 417. The molecule has 1 aromatic carbocycles. The van der Waals surface area contributed by atoms with Crippen LogP contribution < -0.4 is 5.73 Å². The lowest BCUT2D eigenvalue weighted by molar-refractivity contribution is -0.133. The van der Waals surface area contributed by atoms with Crippen LogP contribution in [0.25, 0.3) is 0 Å². The van der Waals surface area contributed by atoms with E-state index in [1.165, 1.54) is 6.42 Å². The van der Waals surface area contributed by atoms with Gasteiger partial charge < -0.3 is 15.7 Å². The molecule has 1 amide bonds. The molecule has 3 N–H and O–H groups in total. The van der Waals surface area contributed by atoms with Crippen LogP contribution >= 0.6 is 0 Å². The topological polar surface area (TPSA) is 66.6 Å². The maximum absolute atomic E-state index is 12.5. The Morgan fingerprint density at radius 2 is 1.86 bits per heavy atom. The molecule has 0 spiro atoms. The molecule has 0 radical (unpaired) electrons. The largest absolute Gasteiger partial charge is 0.395 e. The number of hydrogen-bond acceptors (Lipinski definition) is 3. The predicted molar refractivity (Wildman–Crippen MR) is 85.9 cm³/mol. The standard InChI is InChI=1S/C17H28N2O2/c1-3-4-5-6-11-19(12-13-20)17(21)16(18)15-9-7-14(2)8-10-15/h7-10,16,20H,3-6,11-13,18H2,1-2H3. The monoisotopic (exact) mass is 292 g/mol. The highest BCUT2D eigenvalue weighted by Crippen LogP contribution is 2.15. The second-order valence-electron chi connectivity index (χ2n) is 5.50. The molecule has 0 aromatic heterocycles. The van der Waals surface area contributed by atoms with Gasteiger partial charge in [0.1, 0.15) is 6.04 Å². The Labute approximate surface area is 128 Å². The first-order valence-corrected chi connectivity index (χ1v) is 7.82. The molecule has 0 saturated heterocycles. The Hall–Kier alpha value is -1.39. The molecule has 0 fully saturated rings. The average molecular weight is 292 g/mol. The number of aliphatic hydroxyl groups excluding tert-OH is 1. The third-order valence-corrected chi connectivity index (χ3v) is 3.67. The minimum atomic E-state index is -0.650. The fourth-order valence-electron chi connectivity index (χ4n) is 2.30. The van der Waals surface area contributed by atoms with Crippen LogP contribution in [0.15, 0.2) is 24.3 Å². The van der Waals surface area contributed by atoms with Gasteiger partial charge in [-0.3, -0.25) is 4.79 Å². The molecule has 0 bridgehead atoms. The van der Waals surface area contributed by atoms with Crippen LogP contribution in [-0.4, -0.2) is 35.6 Å². The van der Waals surface area contributed by atoms with Crippen molar-refractivity contribution in [3.8, 4) is 0 Å². The van der Waals surface area contributed by atoms with Gasteiger partial charge in [-0.2, -0.15) is 0 Å². The van der Waals surface area contributed by atoms with Crippen molar-refractivity contribution in [3.63, 3.8) is 0 Å². The van der Waals surface area contributed by atoms with E-state index in [1.807, 2.05) is 31.2 Å². The fourth-order valence-corrected chi connectivity index (χ4v) is 2.30. The lowest BCUT2D eigenvalue weighted by atomic mass is 10.0. The van der Waals surface area contributed by atoms with E-state index in [0.717, 1.165) is 30.4 Å². The van der Waals surface area contributed by atoms with E-state index in [1.54, 1.807) is 4.90 Å². The molecule has 1 atom stereocenters. The number of benzene rings is 1. The van der Waals surface area contributed by atoms with Gasteiger partial charge in [0.2, 0.25) is 5.91 Å². The third kappa shape index (κ3) is 5.86. The Morgan fingerprint density at radius 3 is 2.43 bits per heavy atom. The quantitative estimate of drug-likeness (QED) is 0.687. The molecule has 0 heterocycles. The summed E-state index contributed by atoms with van der Waals surface area (Å²) >= 11 is 0. The van der Waals surface area contributed by atoms with E-state index >= 15 is 0 Å². The number of carbonyl (C=O) groups is 1. The van der Waals surface area contributed by atoms with Gasteiger partial charge in [0.05, 0.1) is 6.61 Å². The predicted octanol–water partition coefficient (Wildman–Crippen LogP) is 2.40. The highest BCUT2D eigenvalue weighted by atomic mass is 16.3. The van der Waals surface area contributed by atoms with Crippen molar-refractivity contribution in [3.05, 3.63) is 35.4 Å². The zero-order chi connectivity index (χ0) is 15.7. The van der Waals surface area contributed by atoms with Crippen LogP contribution in [0.5, 0.6) is 0 Å². The Morgan fingerprint density at radius 1 is 1.19 bits per heavy atom. The van der Waals surface area contributed by atoms with E-state index in [9.17, 15) is 4.79 Å². The average Bonchev–Trinajstić information content (AvgIpc) is 2.50. The van der Waals surface area contributed by atoms with Gasteiger partial charge >= 0.3 is 0 Å². The van der Waals surface area contributed by atoms with Gasteiger partial charge in [-0.05, 0) is 18.9 Å². The van der Waals surface area contributed by atoms with E-state index in [4.69, 9.17) is 10.8 Å². The van der Waals surface area contributed by atoms with Crippen LogP contribution in [0.4, 0.5) is 0 Å². The molecule has 4 nitrogen and oxygen atoms in total. The summed E-state index contributed by atoms with van der Waals surface area (Å²) in [7, 11) is 0. The van der Waals surface area contributed by atoms with Crippen molar-refractivity contribution < 1.29 is 9.90 Å². The number of aryl methyl sites for hydroxylation is 1. The van der Waals surface area contributed by atoms with E-state index in [0.29, 0.717) is 13.1 Å². The maximum atomic E-state index is 12.5. The minimum absolute atomic E-state index is 0.0276. The first kappa shape index (κ1) is 17.7. The van der Waals surface area contributed by atoms with Crippen molar-refractivity contribution in [2.45, 2.75) is 45.6 Å². The Kier molecular flexibility index (Phi) is 8.01. The molecule has 1 aromatic rings. The normalized spacial score (nSPS) is 12.2. The van der Waals surface area contributed by atoms with Crippen LogP contribution in [0.1, 0.15) is 49.8 Å². The van der Waals surface area contributed by atoms with Gasteiger partial charge in [-0.25, -0.2) is 0 Å². The fraction of sp³-hybridized carbons (Fsp3) is 0.588. The number of nitrogens with zero attached hydrogens (tertiary/aromatic N) is 1. The number of nitrogens with two attached hydrogens (primary N) is 1. The molecule has 0 saturated carbocycles. The molecular weight excluding hydrogens is 264 g/mol. The summed E-state index contributed by atoms with van der Waals surface area (Å²) in [5, 5.41) is 9.14. The van der Waals surface area contributed by atoms with Crippen molar-refractivity contribution in [1.82, 2.24) is 4.90 Å². The maximum Gasteiger partial charge on any atom is 0.244 e. The SMILES string of the molecule is CCCCCCN(CCO)C(=O)C(N)c1ccc(C)cc1. The van der Waals surface area contributed by atoms with Crippen LogP contribution in [0, 0.1) is 6.92 Å². The highest BCUT2D eigenvalue weighted by molar-refractivity contribution is 5.83. The summed E-state index contributed by atoms with van der Waals surface area (Å²) < 4.78 is 0. The third-order valence-electron chi connectivity index (χ3n) is 3.67. The molecule has 0 aliphatic rings. The summed E-state index contributed by atoms with van der Waals surface area (Å²) in [4.78, 5) is 14.2. The van der Waals surface area contributed by atoms with Crippen molar-refractivity contribution >= 4 is 5.91 Å². The smallest absolute Gasteiger partial charge is 0.244 e. The highest BCUT2D eigenvalue weighted by Gasteiger charge is 2.21. The van der Waals surface area contributed by atoms with E-state index in [-0.39, 0.29) is 12.5 Å². The number of carbonyl (C=O) groups excluding carboxylic acids is 1. The molecule has 21 heavy (non-hydrogen) atoms. The molecule has 1 unspecified atom stereocenters. The second-order valence-corrected chi connectivity index (χ2v) is 5.50. The zero-order valence-electron chi connectivity index (χ0n) is 13.2. The van der Waals surface area contributed by atoms with Crippen molar-refractivity contribution in [2.24, 2.45) is 5.73 Å². The van der Waals surface area contributed by atoms with Gasteiger partial charge in [0.15, 0.2) is 0 Å². The summed E-state index contributed by atoms with van der Waals surface area (Å²) in [5.41, 5.74) is 8.04. The van der Waals surface area contributed by atoms with Crippen LogP contribution in [-0.2, 0) is 4.79 Å². The van der Waals surface area contributed by atoms with Gasteiger partial charge in [-0.15, -0.1) is 0 Å². The number of hydrogen-bond donors (Lipinski definition) is 2. The molecular formula is C17H28N2O2. The van der Waals surface area contributed by atoms with Crippen LogP contribution in [0.3, 0.4) is 0 Å². The van der Waals surface area contributed by atoms with E-state index < -0.39 is 6.04 Å². The molecule has 0 aliphatic heterocycles. The summed E-state index contributed by atoms with van der Waals surface area (Å²) in [6, 6.07) is 7.06. The van der Waals surface area contributed by atoms with Gasteiger partial charge in [0.25, 0.3) is 0 Å². The lowest BCUT2D eigenvalue weighted by Crippen LogP contribution is -2.40. The second kappa shape index (κ2) is 9.53. The number of rotatable bonds is 9. The van der Waals surface area contributed by atoms with Gasteiger partial charge in [-0.1, -0.05) is 56.0 Å². The molecule has 4 heteroatoms.